The average Bonchev–Trinajstić information content (AvgIpc) is 3.01. The fourth-order valence-corrected chi connectivity index (χ4v) is 3.93. The van der Waals surface area contributed by atoms with E-state index in [9.17, 15) is 4.79 Å². The van der Waals surface area contributed by atoms with Crippen molar-refractivity contribution in [2.45, 2.75) is 25.7 Å². The number of rotatable bonds is 6. The number of likely N-dealkylation sites (N-methyl/N-ethyl adjacent to an activating group) is 1. The van der Waals surface area contributed by atoms with Crippen LogP contribution in [0.25, 0.3) is 0 Å². The highest BCUT2D eigenvalue weighted by Crippen LogP contribution is 2.44. The van der Waals surface area contributed by atoms with Crippen molar-refractivity contribution >= 4 is 36.4 Å². The highest BCUT2D eigenvalue weighted by molar-refractivity contribution is 5.96. The van der Waals surface area contributed by atoms with Crippen LogP contribution in [0, 0.1) is 11.3 Å². The molecule has 1 amide bonds. The number of hydrogen-bond acceptors (Lipinski definition) is 4. The first-order valence-corrected chi connectivity index (χ1v) is 9.00. The minimum atomic E-state index is -0.209. The molecule has 1 aromatic rings. The third-order valence-electron chi connectivity index (χ3n) is 5.41. The van der Waals surface area contributed by atoms with Gasteiger partial charge in [0, 0.05) is 18.8 Å². The zero-order valence-electron chi connectivity index (χ0n) is 15.6. The molecule has 5 nitrogen and oxygen atoms in total. The predicted molar refractivity (Wildman–Crippen MR) is 111 cm³/mol. The Morgan fingerprint density at radius 2 is 2.00 bits per heavy atom. The summed E-state index contributed by atoms with van der Waals surface area (Å²) in [7, 11) is 4.05. The van der Waals surface area contributed by atoms with Crippen LogP contribution in [0.15, 0.2) is 24.3 Å². The molecule has 0 radical (unpaired) electrons. The lowest BCUT2D eigenvalue weighted by atomic mass is 9.67. The Bertz CT molecular complexity index is 568. The lowest BCUT2D eigenvalue weighted by Gasteiger charge is -2.37. The van der Waals surface area contributed by atoms with Crippen LogP contribution in [0.2, 0.25) is 0 Å². The van der Waals surface area contributed by atoms with Gasteiger partial charge in [-0.3, -0.25) is 4.79 Å². The van der Waals surface area contributed by atoms with E-state index in [0.717, 1.165) is 43.9 Å². The highest BCUT2D eigenvalue weighted by atomic mass is 35.5. The zero-order valence-corrected chi connectivity index (χ0v) is 17.3. The number of nitrogens with zero attached hydrogens (tertiary/aromatic N) is 1. The van der Waals surface area contributed by atoms with E-state index in [0.29, 0.717) is 12.5 Å². The zero-order chi connectivity index (χ0) is 17.0. The molecule has 0 bridgehead atoms. The van der Waals surface area contributed by atoms with Gasteiger partial charge in [-0.1, -0.05) is 12.8 Å². The van der Waals surface area contributed by atoms with E-state index in [1.807, 2.05) is 38.4 Å². The van der Waals surface area contributed by atoms with Crippen LogP contribution in [0.5, 0.6) is 5.75 Å². The van der Waals surface area contributed by atoms with Crippen molar-refractivity contribution in [3.8, 4) is 5.75 Å². The second kappa shape index (κ2) is 10.4. The Kier molecular flexibility index (Phi) is 9.17. The van der Waals surface area contributed by atoms with Gasteiger partial charge in [0.1, 0.15) is 12.4 Å². The van der Waals surface area contributed by atoms with E-state index in [2.05, 4.69) is 15.5 Å². The maximum Gasteiger partial charge on any atom is 0.232 e. The summed E-state index contributed by atoms with van der Waals surface area (Å²) in [4.78, 5) is 15.0. The number of hydrogen-bond donors (Lipinski definition) is 2. The van der Waals surface area contributed by atoms with E-state index in [1.165, 1.54) is 12.8 Å². The van der Waals surface area contributed by atoms with Crippen molar-refractivity contribution in [3.05, 3.63) is 24.3 Å². The van der Waals surface area contributed by atoms with E-state index < -0.39 is 0 Å². The van der Waals surface area contributed by atoms with Gasteiger partial charge in [-0.2, -0.15) is 0 Å². The third-order valence-corrected chi connectivity index (χ3v) is 5.41. The molecule has 26 heavy (non-hydrogen) atoms. The van der Waals surface area contributed by atoms with Gasteiger partial charge in [0.2, 0.25) is 5.91 Å². The molecule has 1 aromatic carbocycles. The molecule has 7 heteroatoms. The number of fused-ring (bicyclic) bond motifs is 1. The van der Waals surface area contributed by atoms with Crippen molar-refractivity contribution in [2.75, 3.05) is 45.7 Å². The van der Waals surface area contributed by atoms with Crippen molar-refractivity contribution in [1.82, 2.24) is 10.2 Å². The summed E-state index contributed by atoms with van der Waals surface area (Å²) in [5.41, 5.74) is 0.643. The van der Waals surface area contributed by atoms with Crippen LogP contribution < -0.4 is 15.4 Å². The molecule has 2 N–H and O–H groups in total. The van der Waals surface area contributed by atoms with E-state index >= 15 is 0 Å². The molecule has 2 aliphatic rings. The van der Waals surface area contributed by atoms with Crippen molar-refractivity contribution in [1.29, 1.82) is 0 Å². The molecule has 1 aliphatic heterocycles. The van der Waals surface area contributed by atoms with Crippen LogP contribution in [0.3, 0.4) is 0 Å². The number of benzene rings is 1. The third kappa shape index (κ3) is 5.26. The Morgan fingerprint density at radius 1 is 1.27 bits per heavy atom. The monoisotopic (exact) mass is 403 g/mol. The van der Waals surface area contributed by atoms with Crippen LogP contribution in [0.1, 0.15) is 25.7 Å². The second-order valence-electron chi connectivity index (χ2n) is 7.36. The predicted octanol–water partition coefficient (Wildman–Crippen LogP) is 3.19. The number of carbonyl (C=O) groups is 1. The first-order valence-electron chi connectivity index (χ1n) is 9.00. The SMILES string of the molecule is CN(C)CCOc1ccc(NC(=O)[C@@]23CCCC[C@H]2CNC3)cc1.Cl.Cl. The maximum absolute atomic E-state index is 12.9. The summed E-state index contributed by atoms with van der Waals surface area (Å²) in [5, 5.41) is 6.56. The summed E-state index contributed by atoms with van der Waals surface area (Å²) in [6.45, 7) is 3.34. The van der Waals surface area contributed by atoms with Crippen molar-refractivity contribution in [3.63, 3.8) is 0 Å². The Balaban J connectivity index is 0.00000169. The van der Waals surface area contributed by atoms with Crippen LogP contribution >= 0.6 is 24.8 Å². The van der Waals surface area contributed by atoms with Gasteiger partial charge < -0.3 is 20.3 Å². The first kappa shape index (κ1) is 23.0. The molecule has 2 fully saturated rings. The van der Waals surface area contributed by atoms with Gasteiger partial charge in [0.15, 0.2) is 0 Å². The van der Waals surface area contributed by atoms with Crippen LogP contribution in [-0.2, 0) is 4.79 Å². The molecule has 1 saturated heterocycles. The minimum absolute atomic E-state index is 0. The summed E-state index contributed by atoms with van der Waals surface area (Å²) in [6, 6.07) is 7.71. The normalized spacial score (nSPS) is 24.2. The molecule has 1 heterocycles. The fourth-order valence-electron chi connectivity index (χ4n) is 3.93. The molecule has 0 spiro atoms. The average molecular weight is 404 g/mol. The topological polar surface area (TPSA) is 53.6 Å². The van der Waals surface area contributed by atoms with Gasteiger partial charge in [-0.05, 0) is 63.7 Å². The second-order valence-corrected chi connectivity index (χ2v) is 7.36. The summed E-state index contributed by atoms with van der Waals surface area (Å²) in [5.74, 6) is 1.50. The lowest BCUT2D eigenvalue weighted by Crippen LogP contribution is -2.44. The van der Waals surface area contributed by atoms with E-state index in [-0.39, 0.29) is 36.1 Å². The molecule has 3 rings (SSSR count). The molecule has 0 unspecified atom stereocenters. The lowest BCUT2D eigenvalue weighted by molar-refractivity contribution is -0.128. The largest absolute Gasteiger partial charge is 0.492 e. The molecule has 148 valence electrons. The molecular formula is C19H31Cl2N3O2. The van der Waals surface area contributed by atoms with Crippen molar-refractivity contribution < 1.29 is 9.53 Å². The maximum atomic E-state index is 12.9. The number of halogens is 2. The standard InChI is InChI=1S/C19H29N3O2.2ClH/c1-22(2)11-12-24-17-8-6-16(7-9-17)21-18(23)19-10-4-3-5-15(19)13-20-14-19;;/h6-9,15,20H,3-5,10-14H2,1-2H3,(H,21,23);2*1H/t15-,19+;;/m0../s1. The Hall–Kier alpha value is -1.01. The minimum Gasteiger partial charge on any atom is -0.492 e. The van der Waals surface area contributed by atoms with Gasteiger partial charge >= 0.3 is 0 Å². The van der Waals surface area contributed by atoms with Crippen molar-refractivity contribution in [2.24, 2.45) is 11.3 Å². The number of amides is 1. The van der Waals surface area contributed by atoms with E-state index in [1.54, 1.807) is 0 Å². The molecule has 0 aromatic heterocycles. The molecule has 2 atom stereocenters. The molecule has 1 saturated carbocycles. The molecular weight excluding hydrogens is 373 g/mol. The summed E-state index contributed by atoms with van der Waals surface area (Å²) < 4.78 is 5.70. The fraction of sp³-hybridized carbons (Fsp3) is 0.632. The van der Waals surface area contributed by atoms with Gasteiger partial charge in [0.05, 0.1) is 5.41 Å². The van der Waals surface area contributed by atoms with Gasteiger partial charge in [0.25, 0.3) is 0 Å². The summed E-state index contributed by atoms with van der Waals surface area (Å²) >= 11 is 0. The number of nitrogens with one attached hydrogen (secondary N) is 2. The number of anilines is 1. The number of ether oxygens (including phenoxy) is 1. The smallest absolute Gasteiger partial charge is 0.232 e. The summed E-state index contributed by atoms with van der Waals surface area (Å²) in [6.07, 6.45) is 4.58. The first-order chi connectivity index (χ1) is 11.6. The quantitative estimate of drug-likeness (QED) is 0.765. The highest BCUT2D eigenvalue weighted by Gasteiger charge is 2.49. The van der Waals surface area contributed by atoms with Gasteiger partial charge in [-0.25, -0.2) is 0 Å². The number of carbonyl (C=O) groups excluding carboxylic acids is 1. The Morgan fingerprint density at radius 3 is 2.69 bits per heavy atom. The van der Waals surface area contributed by atoms with Crippen LogP contribution in [-0.4, -0.2) is 51.1 Å². The van der Waals surface area contributed by atoms with Gasteiger partial charge in [-0.15, -0.1) is 24.8 Å². The van der Waals surface area contributed by atoms with Crippen LogP contribution in [0.4, 0.5) is 5.69 Å². The van der Waals surface area contributed by atoms with E-state index in [4.69, 9.17) is 4.74 Å². The molecule has 1 aliphatic carbocycles. The Labute approximate surface area is 169 Å².